The van der Waals surface area contributed by atoms with Gasteiger partial charge in [0.1, 0.15) is 0 Å². The number of nitrogens with one attached hydrogen (secondary N) is 2. The number of amidine groups is 1. The van der Waals surface area contributed by atoms with Crippen molar-refractivity contribution in [2.24, 2.45) is 4.99 Å². The maximum absolute atomic E-state index is 13.5. The smallest absolute Gasteiger partial charge is 0.390 e. The molecule has 35 heavy (non-hydrogen) atoms. The Morgan fingerprint density at radius 3 is 2.83 bits per heavy atom. The van der Waals surface area contributed by atoms with Crippen molar-refractivity contribution in [3.05, 3.63) is 69.2 Å². The molecule has 0 spiro atoms. The van der Waals surface area contributed by atoms with Crippen LogP contribution in [0.5, 0.6) is 0 Å². The lowest BCUT2D eigenvalue weighted by molar-refractivity contribution is -0.138. The molecule has 7 nitrogen and oxygen atoms in total. The highest BCUT2D eigenvalue weighted by Crippen LogP contribution is 2.34. The average molecular weight is 522 g/mol. The summed E-state index contributed by atoms with van der Waals surface area (Å²) in [5.41, 5.74) is 0.661. The van der Waals surface area contributed by atoms with E-state index in [0.29, 0.717) is 28.7 Å². The summed E-state index contributed by atoms with van der Waals surface area (Å²) in [6.07, 6.45) is -1.84. The van der Waals surface area contributed by atoms with Crippen molar-refractivity contribution in [2.45, 2.75) is 24.9 Å². The van der Waals surface area contributed by atoms with Crippen LogP contribution in [0, 0.1) is 0 Å². The number of nitrogens with zero attached hydrogens (tertiary/aromatic N) is 3. The fraction of sp³-hybridized carbons (Fsp3) is 0.261. The highest BCUT2D eigenvalue weighted by Gasteiger charge is 2.34. The highest BCUT2D eigenvalue weighted by atomic mass is 35.5. The lowest BCUT2D eigenvalue weighted by Crippen LogP contribution is -2.26. The van der Waals surface area contributed by atoms with Crippen LogP contribution in [0.15, 0.2) is 52.5 Å². The number of thioether (sulfide) groups is 1. The Bertz CT molecular complexity index is 1370. The first-order chi connectivity index (χ1) is 16.7. The molecule has 2 aliphatic rings. The number of carbonyl (C=O) groups is 1. The van der Waals surface area contributed by atoms with Crippen LogP contribution >= 0.6 is 23.4 Å². The molecule has 2 aromatic carbocycles. The molecule has 1 amide bonds. The molecule has 182 valence electrons. The van der Waals surface area contributed by atoms with E-state index >= 15 is 0 Å². The van der Waals surface area contributed by atoms with E-state index in [4.69, 9.17) is 11.6 Å². The SMILES string of the molecule is O=C1NC(=NC2CNC[C@H]2O)S/C1=C\c1ccc2c(cnn2Cc2ccc(Cl)cc2C(F)(F)F)c1. The van der Waals surface area contributed by atoms with Crippen molar-refractivity contribution in [2.75, 3.05) is 13.1 Å². The van der Waals surface area contributed by atoms with E-state index < -0.39 is 17.8 Å². The molecule has 0 radical (unpaired) electrons. The number of β-amino-alcohol motifs (C(OH)–C–C–N with tert-alkyl or cyclic N) is 1. The summed E-state index contributed by atoms with van der Waals surface area (Å²) in [6, 6.07) is 8.72. The predicted molar refractivity (Wildman–Crippen MR) is 129 cm³/mol. The van der Waals surface area contributed by atoms with Crippen LogP contribution in [-0.2, 0) is 17.5 Å². The molecule has 3 aromatic rings. The normalized spacial score (nSPS) is 23.1. The van der Waals surface area contributed by atoms with Crippen molar-refractivity contribution in [3.63, 3.8) is 0 Å². The van der Waals surface area contributed by atoms with Crippen LogP contribution in [-0.4, -0.2) is 51.2 Å². The van der Waals surface area contributed by atoms with E-state index in [9.17, 15) is 23.1 Å². The van der Waals surface area contributed by atoms with Gasteiger partial charge < -0.3 is 15.7 Å². The van der Waals surface area contributed by atoms with Gasteiger partial charge in [-0.15, -0.1) is 0 Å². The molecule has 1 aromatic heterocycles. The van der Waals surface area contributed by atoms with Crippen LogP contribution in [0.4, 0.5) is 13.2 Å². The molecular formula is C23H19ClF3N5O2S. The van der Waals surface area contributed by atoms with Crippen molar-refractivity contribution in [1.29, 1.82) is 0 Å². The van der Waals surface area contributed by atoms with E-state index in [-0.39, 0.29) is 29.1 Å². The number of aliphatic hydroxyl groups excluding tert-OH is 1. The van der Waals surface area contributed by atoms with Crippen molar-refractivity contribution in [1.82, 2.24) is 20.4 Å². The van der Waals surface area contributed by atoms with E-state index in [1.807, 2.05) is 6.07 Å². The maximum Gasteiger partial charge on any atom is 0.416 e. The fourth-order valence-electron chi connectivity index (χ4n) is 4.01. The quantitative estimate of drug-likeness (QED) is 0.456. The summed E-state index contributed by atoms with van der Waals surface area (Å²) in [4.78, 5) is 17.2. The number of fused-ring (bicyclic) bond motifs is 1. The predicted octanol–water partition coefficient (Wildman–Crippen LogP) is 3.65. The first kappa shape index (κ1) is 23.9. The van der Waals surface area contributed by atoms with Crippen LogP contribution in [0.25, 0.3) is 17.0 Å². The molecule has 2 fully saturated rings. The number of hydrogen-bond donors (Lipinski definition) is 3. The van der Waals surface area contributed by atoms with Crippen LogP contribution in [0.2, 0.25) is 5.02 Å². The van der Waals surface area contributed by atoms with Crippen LogP contribution in [0.3, 0.4) is 0 Å². The van der Waals surface area contributed by atoms with Gasteiger partial charge in [-0.1, -0.05) is 23.7 Å². The number of carbonyl (C=O) groups excluding carboxylic acids is 1. The first-order valence-corrected chi connectivity index (χ1v) is 11.9. The van der Waals surface area contributed by atoms with Gasteiger partial charge in [-0.05, 0) is 53.2 Å². The van der Waals surface area contributed by atoms with E-state index in [2.05, 4.69) is 20.7 Å². The molecule has 3 heterocycles. The van der Waals surface area contributed by atoms with Crippen molar-refractivity contribution >= 4 is 51.4 Å². The largest absolute Gasteiger partial charge is 0.416 e. The zero-order chi connectivity index (χ0) is 24.7. The van der Waals surface area contributed by atoms with Gasteiger partial charge in [0.05, 0.1) is 40.9 Å². The summed E-state index contributed by atoms with van der Waals surface area (Å²) in [5.74, 6) is -0.285. The molecule has 2 aliphatic heterocycles. The first-order valence-electron chi connectivity index (χ1n) is 10.7. The van der Waals surface area contributed by atoms with E-state index in [1.165, 1.54) is 28.6 Å². The molecule has 2 saturated heterocycles. The number of amides is 1. The number of alkyl halides is 3. The number of aliphatic imine (C=N–C) groups is 1. The van der Waals surface area contributed by atoms with Gasteiger partial charge in [-0.3, -0.25) is 14.5 Å². The van der Waals surface area contributed by atoms with Gasteiger partial charge in [-0.25, -0.2) is 0 Å². The number of rotatable bonds is 4. The van der Waals surface area contributed by atoms with Gasteiger partial charge in [0, 0.05) is 23.5 Å². The molecule has 0 saturated carbocycles. The summed E-state index contributed by atoms with van der Waals surface area (Å²) in [6.45, 7) is 0.934. The number of hydrogen-bond acceptors (Lipinski definition) is 6. The van der Waals surface area contributed by atoms with E-state index in [0.717, 1.165) is 17.0 Å². The Balaban J connectivity index is 1.38. The second kappa shape index (κ2) is 9.30. The topological polar surface area (TPSA) is 91.5 Å². The summed E-state index contributed by atoms with van der Waals surface area (Å²) < 4.78 is 41.9. The third-order valence-corrected chi connectivity index (χ3v) is 6.91. The number of aromatic nitrogens is 2. The molecule has 3 N–H and O–H groups in total. The summed E-state index contributed by atoms with van der Waals surface area (Å²) in [5, 5.41) is 21.1. The molecule has 0 aliphatic carbocycles. The standard InChI is InChI=1S/C23H19ClF3N5O2S/c24-15-3-2-13(16(7-15)23(25,26)27)11-32-18-4-1-12(5-14(18)8-29-32)6-20-21(34)31-22(35-20)30-17-9-28-10-19(17)33/h1-8,17,19,28,33H,9-11H2,(H,30,31,34)/b20-6-/t17?,19-/m1/s1. The number of aliphatic hydroxyl groups is 1. The molecule has 5 rings (SSSR count). The Morgan fingerprint density at radius 2 is 2.09 bits per heavy atom. The van der Waals surface area contributed by atoms with Gasteiger partial charge in [0.15, 0.2) is 5.17 Å². The minimum absolute atomic E-state index is 0.0159. The number of halogens is 4. The third-order valence-electron chi connectivity index (χ3n) is 5.75. The Hall–Kier alpha value is -2.86. The lowest BCUT2D eigenvalue weighted by atomic mass is 10.1. The molecule has 2 atom stereocenters. The maximum atomic E-state index is 13.5. The molecular weight excluding hydrogens is 503 g/mol. The number of benzene rings is 2. The minimum Gasteiger partial charge on any atom is -0.390 e. The lowest BCUT2D eigenvalue weighted by Gasteiger charge is -2.14. The Labute approximate surface area is 207 Å². The van der Waals surface area contributed by atoms with Crippen molar-refractivity contribution in [3.8, 4) is 0 Å². The van der Waals surface area contributed by atoms with Gasteiger partial charge in [0.2, 0.25) is 0 Å². The zero-order valence-corrected chi connectivity index (χ0v) is 19.6. The third kappa shape index (κ3) is 5.08. The van der Waals surface area contributed by atoms with Gasteiger partial charge in [-0.2, -0.15) is 18.3 Å². The second-order valence-corrected chi connectivity index (χ2v) is 9.68. The molecule has 0 bridgehead atoms. The van der Waals surface area contributed by atoms with E-state index in [1.54, 1.807) is 24.4 Å². The van der Waals surface area contributed by atoms with Crippen molar-refractivity contribution < 1.29 is 23.1 Å². The second-order valence-electron chi connectivity index (χ2n) is 8.21. The zero-order valence-electron chi connectivity index (χ0n) is 18.0. The average Bonchev–Trinajstić information content (AvgIpc) is 3.48. The fourth-order valence-corrected chi connectivity index (χ4v) is 5.06. The Morgan fingerprint density at radius 1 is 1.26 bits per heavy atom. The monoisotopic (exact) mass is 521 g/mol. The summed E-state index contributed by atoms with van der Waals surface area (Å²) in [7, 11) is 0. The van der Waals surface area contributed by atoms with Gasteiger partial charge in [0.25, 0.3) is 5.91 Å². The van der Waals surface area contributed by atoms with Gasteiger partial charge >= 0.3 is 6.18 Å². The molecule has 1 unspecified atom stereocenters. The molecule has 12 heteroatoms. The Kier molecular flexibility index (Phi) is 6.34. The minimum atomic E-state index is -4.53. The van der Waals surface area contributed by atoms with Crippen LogP contribution < -0.4 is 10.6 Å². The van der Waals surface area contributed by atoms with Crippen LogP contribution in [0.1, 0.15) is 16.7 Å². The highest BCUT2D eigenvalue weighted by molar-refractivity contribution is 8.18. The summed E-state index contributed by atoms with van der Waals surface area (Å²) >= 11 is 6.97.